The summed E-state index contributed by atoms with van der Waals surface area (Å²) in [4.78, 5) is 45.7. The molecule has 2 saturated heterocycles. The first-order chi connectivity index (χ1) is 24.6. The second-order valence-corrected chi connectivity index (χ2v) is 15.4. The van der Waals surface area contributed by atoms with E-state index in [4.69, 9.17) is 9.47 Å². The number of phenols is 1. The molecule has 7 N–H and O–H groups in total. The molecular weight excluding hydrogens is 724 g/mol. The first-order valence-corrected chi connectivity index (χ1v) is 18.7. The average Bonchev–Trinajstić information content (AvgIpc) is 3.11. The number of nitrogens with zero attached hydrogens (tertiary/aromatic N) is 1. The smallest absolute Gasteiger partial charge is 0.356 e. The summed E-state index contributed by atoms with van der Waals surface area (Å²) < 4.78 is 50.9. The van der Waals surface area contributed by atoms with Crippen molar-refractivity contribution in [3.8, 4) is 16.9 Å². The van der Waals surface area contributed by atoms with Gasteiger partial charge in [0.05, 0.1) is 23.2 Å². The van der Waals surface area contributed by atoms with Gasteiger partial charge in [-0.1, -0.05) is 54.6 Å². The van der Waals surface area contributed by atoms with Crippen LogP contribution in [0.4, 0.5) is 10.1 Å². The molecule has 274 valence electrons. The molecule has 3 unspecified atom stereocenters. The molecule has 14 nitrogen and oxygen atoms in total. The zero-order chi connectivity index (χ0) is 37.5. The third kappa shape index (κ3) is 7.43. The summed E-state index contributed by atoms with van der Waals surface area (Å²) >= 11 is 0. The molecule has 17 heteroatoms. The normalized spacial score (nSPS) is 26.0. The molecule has 0 bridgehead atoms. The fourth-order valence-electron chi connectivity index (χ4n) is 6.19. The lowest BCUT2D eigenvalue weighted by molar-refractivity contribution is -0.303. The number of aliphatic carboxylic acids is 1. The Morgan fingerprint density at radius 1 is 0.904 bits per heavy atom. The van der Waals surface area contributed by atoms with E-state index in [0.717, 1.165) is 12.1 Å². The number of aliphatic hydroxyl groups excluding tert-OH is 3. The number of anilines is 1. The first-order valence-electron chi connectivity index (χ1n) is 15.7. The van der Waals surface area contributed by atoms with Crippen molar-refractivity contribution in [3.05, 3.63) is 114 Å². The minimum Gasteiger partial charge on any atom is -0.508 e. The second-order valence-electron chi connectivity index (χ2n) is 12.2. The number of para-hydroxylation sites is 1. The molecule has 2 aliphatic heterocycles. The molecular formula is C35H33FNO13PS. The largest absolute Gasteiger partial charge is 0.508 e. The van der Waals surface area contributed by atoms with Crippen LogP contribution in [-0.4, -0.2) is 93.1 Å². The molecule has 2 fully saturated rings. The molecule has 52 heavy (non-hydrogen) atoms. The highest BCUT2D eigenvalue weighted by Gasteiger charge is 2.54. The van der Waals surface area contributed by atoms with Crippen LogP contribution < -0.4 is 10.2 Å². The van der Waals surface area contributed by atoms with Crippen LogP contribution in [0.1, 0.15) is 23.3 Å². The summed E-state index contributed by atoms with van der Waals surface area (Å²) in [5, 5.41) is 50.4. The van der Waals surface area contributed by atoms with Gasteiger partial charge in [-0.05, 0) is 59.2 Å². The van der Waals surface area contributed by atoms with Crippen molar-refractivity contribution < 1.29 is 67.5 Å². The van der Waals surface area contributed by atoms with Crippen molar-refractivity contribution in [1.82, 2.24) is 0 Å². The first kappa shape index (κ1) is 37.4. The van der Waals surface area contributed by atoms with Gasteiger partial charge in [-0.2, -0.15) is 0 Å². The van der Waals surface area contributed by atoms with E-state index >= 15 is 0 Å². The van der Waals surface area contributed by atoms with Gasteiger partial charge in [0, 0.05) is 22.1 Å². The average molecular weight is 758 g/mol. The van der Waals surface area contributed by atoms with Crippen LogP contribution in [0.15, 0.2) is 97.1 Å². The highest BCUT2D eigenvalue weighted by Crippen LogP contribution is 2.46. The number of benzene rings is 4. The maximum Gasteiger partial charge on any atom is 0.356 e. The summed E-state index contributed by atoms with van der Waals surface area (Å²) in [7, 11) is -6.62. The van der Waals surface area contributed by atoms with Crippen molar-refractivity contribution in [2.45, 2.75) is 48.1 Å². The number of carboxylic acids is 1. The van der Waals surface area contributed by atoms with E-state index < -0.39 is 89.9 Å². The van der Waals surface area contributed by atoms with E-state index in [-0.39, 0.29) is 22.2 Å². The van der Waals surface area contributed by atoms with Gasteiger partial charge < -0.3 is 49.7 Å². The third-order valence-corrected chi connectivity index (χ3v) is 11.5. The van der Waals surface area contributed by atoms with Gasteiger partial charge in [-0.25, -0.2) is 9.18 Å². The van der Waals surface area contributed by atoms with Crippen molar-refractivity contribution in [2.75, 3.05) is 10.7 Å². The monoisotopic (exact) mass is 757 g/mol. The fourth-order valence-corrected chi connectivity index (χ4v) is 8.40. The number of ether oxygens (including phenoxy) is 2. The van der Waals surface area contributed by atoms with Crippen LogP contribution in [-0.2, 0) is 34.4 Å². The number of carboxylic acid groups (broad SMARTS) is 1. The predicted molar refractivity (Wildman–Crippen MR) is 183 cm³/mol. The maximum atomic E-state index is 14.2. The van der Waals surface area contributed by atoms with Gasteiger partial charge in [0.2, 0.25) is 5.91 Å². The zero-order valence-corrected chi connectivity index (χ0v) is 28.5. The lowest BCUT2D eigenvalue weighted by Gasteiger charge is -2.47. The van der Waals surface area contributed by atoms with E-state index in [1.54, 1.807) is 36.4 Å². The molecule has 4 aromatic carbocycles. The van der Waals surface area contributed by atoms with Gasteiger partial charge in [0.15, 0.2) is 12.4 Å². The summed E-state index contributed by atoms with van der Waals surface area (Å²) in [6.07, 6.45) is -11.1. The Balaban J connectivity index is 1.32. The van der Waals surface area contributed by atoms with Crippen LogP contribution in [0.25, 0.3) is 11.1 Å². The Kier molecular flexibility index (Phi) is 10.8. The summed E-state index contributed by atoms with van der Waals surface area (Å²) in [6.45, 7) is 0. The number of aromatic hydroxyl groups is 1. The van der Waals surface area contributed by atoms with E-state index in [0.29, 0.717) is 16.8 Å². The number of rotatable bonds is 11. The standard InChI is InChI=1S/C35H33FNO13PS/c36-21-11-6-19(7-12-21)26(49-35-30(41)28(39)29(40)31(50-35)34(43)44)17-52(48)32-27(37(33(32)42)22-4-2-1-3-5-22)24-15-10-20(16-25(24)38)18-8-13-23(14-9-18)51(45,46)47/h1-16,26-32,35,38-41H,17H2,(H,43,44)(H2,45,46,47)/t26-,27+,28-,29+,30?,31?,32+,35+,52?/m0/s1. The SMILES string of the molecule is O=C(O)C1O[C@@H](O[C@@H](CS(=O)[C@H]2C(=O)N(c3ccccc3)[C@@H]2c2ccc(-c3ccc(P(=O)(O)O)cc3)cc2O)c2ccc(F)cc2)C(O)[C@@H](O)[C@H]1O. The molecule has 0 radical (unpaired) electrons. The Morgan fingerprint density at radius 3 is 2.13 bits per heavy atom. The second kappa shape index (κ2) is 14.9. The zero-order valence-electron chi connectivity index (χ0n) is 26.8. The van der Waals surface area contributed by atoms with Gasteiger partial charge in [0.25, 0.3) is 0 Å². The van der Waals surface area contributed by atoms with Crippen LogP contribution in [0, 0.1) is 5.82 Å². The lowest BCUT2D eigenvalue weighted by Crippen LogP contribution is -2.62. The Bertz CT molecular complexity index is 2010. The Labute approximate surface area is 297 Å². The molecule has 2 aliphatic rings. The minimum absolute atomic E-state index is 0.183. The third-order valence-electron chi connectivity index (χ3n) is 8.92. The number of hydrogen-bond acceptors (Lipinski definition) is 10. The number of aliphatic hydroxyl groups is 3. The molecule has 1 amide bonds. The summed E-state index contributed by atoms with van der Waals surface area (Å²) in [5.74, 6) is -3.58. The molecule has 6 rings (SSSR count). The van der Waals surface area contributed by atoms with Crippen molar-refractivity contribution in [3.63, 3.8) is 0 Å². The van der Waals surface area contributed by atoms with Crippen LogP contribution in [0.2, 0.25) is 0 Å². The minimum atomic E-state index is -4.48. The van der Waals surface area contributed by atoms with Gasteiger partial charge in [0.1, 0.15) is 35.1 Å². The highest BCUT2D eigenvalue weighted by molar-refractivity contribution is 7.86. The van der Waals surface area contributed by atoms with Crippen LogP contribution in [0.5, 0.6) is 5.75 Å². The maximum absolute atomic E-state index is 14.2. The number of amides is 1. The number of β-lactam (4-membered cyclic amide) rings is 1. The van der Waals surface area contributed by atoms with Crippen molar-refractivity contribution in [2.24, 2.45) is 0 Å². The molecule has 0 aliphatic carbocycles. The Morgan fingerprint density at radius 2 is 1.54 bits per heavy atom. The molecule has 4 aromatic rings. The molecule has 0 spiro atoms. The highest BCUT2D eigenvalue weighted by atomic mass is 32.2. The predicted octanol–water partition coefficient (Wildman–Crippen LogP) is 1.86. The number of halogens is 1. The molecule has 0 saturated carbocycles. The summed E-state index contributed by atoms with van der Waals surface area (Å²) in [6, 6.07) is 22.2. The van der Waals surface area contributed by atoms with Crippen molar-refractivity contribution in [1.29, 1.82) is 0 Å². The van der Waals surface area contributed by atoms with Gasteiger partial charge in [-0.3, -0.25) is 13.6 Å². The van der Waals surface area contributed by atoms with E-state index in [1.807, 2.05) is 0 Å². The number of carbonyl (C=O) groups is 2. The number of phenolic OH excluding ortho intramolecular Hbond substituents is 1. The molecule has 0 aromatic heterocycles. The van der Waals surface area contributed by atoms with E-state index in [2.05, 4.69) is 0 Å². The van der Waals surface area contributed by atoms with Gasteiger partial charge >= 0.3 is 13.6 Å². The fraction of sp³-hybridized carbons (Fsp3) is 0.257. The summed E-state index contributed by atoms with van der Waals surface area (Å²) in [5.41, 5.74) is 1.88. The van der Waals surface area contributed by atoms with Gasteiger partial charge in [-0.15, -0.1) is 0 Å². The Hall–Kier alpha value is -4.35. The van der Waals surface area contributed by atoms with E-state index in [9.17, 15) is 58.1 Å². The molecule has 9 atom stereocenters. The quantitative estimate of drug-likeness (QED) is 0.0857. The molecule has 2 heterocycles. The number of hydrogen-bond donors (Lipinski definition) is 7. The van der Waals surface area contributed by atoms with Crippen LogP contribution in [0.3, 0.4) is 0 Å². The lowest BCUT2D eigenvalue weighted by atomic mass is 9.90. The van der Waals surface area contributed by atoms with Crippen molar-refractivity contribution >= 4 is 41.3 Å². The number of carbonyl (C=O) groups excluding carboxylic acids is 1. The van der Waals surface area contributed by atoms with Crippen LogP contribution >= 0.6 is 7.60 Å². The van der Waals surface area contributed by atoms with E-state index in [1.165, 1.54) is 53.4 Å². The topological polar surface area (TPSA) is 232 Å².